The van der Waals surface area contributed by atoms with Crippen LogP contribution in [-0.4, -0.2) is 50.4 Å². The summed E-state index contributed by atoms with van der Waals surface area (Å²) in [6.45, 7) is 10.00. The monoisotopic (exact) mass is 292 g/mol. The van der Waals surface area contributed by atoms with E-state index in [0.717, 1.165) is 32.1 Å². The second kappa shape index (κ2) is 7.78. The number of benzene rings is 1. The maximum absolute atomic E-state index is 5.70. The van der Waals surface area contributed by atoms with Gasteiger partial charge in [0.1, 0.15) is 5.75 Å². The average molecular weight is 292 g/mol. The number of nitrogens with zero attached hydrogens (tertiary/aromatic N) is 1. The lowest BCUT2D eigenvalue weighted by atomic mass is 10.1. The first-order valence-corrected chi connectivity index (χ1v) is 7.86. The molecule has 2 rings (SSSR count). The van der Waals surface area contributed by atoms with Crippen molar-refractivity contribution < 1.29 is 9.47 Å². The van der Waals surface area contributed by atoms with Crippen LogP contribution in [0.5, 0.6) is 5.75 Å². The van der Waals surface area contributed by atoms with E-state index in [1.807, 2.05) is 20.9 Å². The fourth-order valence-corrected chi connectivity index (χ4v) is 2.68. The Labute approximate surface area is 128 Å². The highest BCUT2D eigenvalue weighted by Gasteiger charge is 2.22. The first-order valence-electron chi connectivity index (χ1n) is 7.86. The highest BCUT2D eigenvalue weighted by molar-refractivity contribution is 5.29. The molecule has 0 bridgehead atoms. The molecule has 1 N–H and O–H groups in total. The summed E-state index contributed by atoms with van der Waals surface area (Å²) in [5.41, 5.74) is 1.30. The number of ether oxygens (including phenoxy) is 2. The predicted molar refractivity (Wildman–Crippen MR) is 85.9 cm³/mol. The molecule has 0 saturated carbocycles. The smallest absolute Gasteiger partial charge is 0.119 e. The van der Waals surface area contributed by atoms with Crippen LogP contribution < -0.4 is 10.1 Å². The summed E-state index contributed by atoms with van der Waals surface area (Å²) in [6, 6.07) is 9.25. The summed E-state index contributed by atoms with van der Waals surface area (Å²) >= 11 is 0. The molecule has 4 heteroatoms. The minimum atomic E-state index is 0.213. The number of nitrogens with one attached hydrogen (secondary N) is 1. The standard InChI is InChI=1S/C17H28N2O2/c1-13(2)21-16-7-5-15(6-8-16)17(18-4)11-19-9-10-20-12-14(19)3/h5-8,13-14,17-18H,9-12H2,1-4H3. The van der Waals surface area contributed by atoms with Gasteiger partial charge in [-0.15, -0.1) is 0 Å². The van der Waals surface area contributed by atoms with E-state index in [1.165, 1.54) is 5.56 Å². The SMILES string of the molecule is CNC(CN1CCOCC1C)c1ccc(OC(C)C)cc1. The number of morpholine rings is 1. The molecule has 0 amide bonds. The molecule has 1 aromatic rings. The number of hydrogen-bond donors (Lipinski definition) is 1. The van der Waals surface area contributed by atoms with E-state index in [9.17, 15) is 0 Å². The Bertz CT molecular complexity index is 419. The zero-order valence-electron chi connectivity index (χ0n) is 13.6. The second-order valence-corrected chi connectivity index (χ2v) is 6.00. The van der Waals surface area contributed by atoms with Crippen LogP contribution in [0.4, 0.5) is 0 Å². The zero-order valence-corrected chi connectivity index (χ0v) is 13.6. The van der Waals surface area contributed by atoms with Gasteiger partial charge in [0.05, 0.1) is 19.3 Å². The summed E-state index contributed by atoms with van der Waals surface area (Å²) in [5.74, 6) is 0.934. The van der Waals surface area contributed by atoms with Gasteiger partial charge in [-0.1, -0.05) is 12.1 Å². The zero-order chi connectivity index (χ0) is 15.2. The molecule has 2 atom stereocenters. The lowest BCUT2D eigenvalue weighted by Gasteiger charge is -2.35. The molecule has 4 nitrogen and oxygen atoms in total. The largest absolute Gasteiger partial charge is 0.491 e. The summed E-state index contributed by atoms with van der Waals surface area (Å²) in [4.78, 5) is 2.49. The van der Waals surface area contributed by atoms with Gasteiger partial charge < -0.3 is 14.8 Å². The molecule has 1 aliphatic rings. The molecule has 0 radical (unpaired) electrons. The maximum atomic E-state index is 5.70. The molecule has 2 unspecified atom stereocenters. The van der Waals surface area contributed by atoms with Crippen LogP contribution in [-0.2, 0) is 4.74 Å². The molecule has 21 heavy (non-hydrogen) atoms. The Balaban J connectivity index is 1.99. The Morgan fingerprint density at radius 3 is 2.62 bits per heavy atom. The van der Waals surface area contributed by atoms with Crippen LogP contribution in [0.3, 0.4) is 0 Å². The van der Waals surface area contributed by atoms with Crippen LogP contribution in [0.2, 0.25) is 0 Å². The van der Waals surface area contributed by atoms with Crippen LogP contribution >= 0.6 is 0 Å². The van der Waals surface area contributed by atoms with Crippen molar-refractivity contribution in [3.63, 3.8) is 0 Å². The first kappa shape index (κ1) is 16.3. The molecule has 1 aliphatic heterocycles. The third kappa shape index (κ3) is 4.70. The average Bonchev–Trinajstić information content (AvgIpc) is 2.47. The topological polar surface area (TPSA) is 33.7 Å². The van der Waals surface area contributed by atoms with E-state index in [-0.39, 0.29) is 6.10 Å². The Morgan fingerprint density at radius 2 is 2.05 bits per heavy atom. The number of likely N-dealkylation sites (N-methyl/N-ethyl adjacent to an activating group) is 1. The summed E-state index contributed by atoms with van der Waals surface area (Å²) in [5, 5.41) is 3.42. The highest BCUT2D eigenvalue weighted by atomic mass is 16.5. The van der Waals surface area contributed by atoms with E-state index in [4.69, 9.17) is 9.47 Å². The van der Waals surface area contributed by atoms with Gasteiger partial charge in [0.2, 0.25) is 0 Å². The third-order valence-corrected chi connectivity index (χ3v) is 3.93. The maximum Gasteiger partial charge on any atom is 0.119 e. The van der Waals surface area contributed by atoms with E-state index in [1.54, 1.807) is 0 Å². The fourth-order valence-electron chi connectivity index (χ4n) is 2.68. The molecule has 1 fully saturated rings. The molecular weight excluding hydrogens is 264 g/mol. The van der Waals surface area contributed by atoms with Gasteiger partial charge >= 0.3 is 0 Å². The van der Waals surface area contributed by atoms with Crippen molar-refractivity contribution in [1.82, 2.24) is 10.2 Å². The molecule has 0 aromatic heterocycles. The van der Waals surface area contributed by atoms with E-state index < -0.39 is 0 Å². The number of hydrogen-bond acceptors (Lipinski definition) is 4. The van der Waals surface area contributed by atoms with Crippen molar-refractivity contribution in [2.24, 2.45) is 0 Å². The Morgan fingerprint density at radius 1 is 1.33 bits per heavy atom. The Hall–Kier alpha value is -1.10. The van der Waals surface area contributed by atoms with Crippen LogP contribution in [0.25, 0.3) is 0 Å². The minimum absolute atomic E-state index is 0.213. The van der Waals surface area contributed by atoms with Gasteiger partial charge in [0.25, 0.3) is 0 Å². The molecule has 1 aromatic carbocycles. The number of rotatable bonds is 6. The van der Waals surface area contributed by atoms with Crippen molar-refractivity contribution in [2.45, 2.75) is 39.0 Å². The van der Waals surface area contributed by atoms with Gasteiger partial charge in [-0.3, -0.25) is 4.90 Å². The normalized spacial score (nSPS) is 21.5. The van der Waals surface area contributed by atoms with Gasteiger partial charge in [-0.2, -0.15) is 0 Å². The van der Waals surface area contributed by atoms with Crippen LogP contribution in [0.15, 0.2) is 24.3 Å². The van der Waals surface area contributed by atoms with Gasteiger partial charge in [-0.05, 0) is 45.5 Å². The minimum Gasteiger partial charge on any atom is -0.491 e. The van der Waals surface area contributed by atoms with Crippen molar-refractivity contribution in [3.05, 3.63) is 29.8 Å². The molecule has 0 aliphatic carbocycles. The highest BCUT2D eigenvalue weighted by Crippen LogP contribution is 2.21. The van der Waals surface area contributed by atoms with Gasteiger partial charge in [0, 0.05) is 25.2 Å². The molecular formula is C17H28N2O2. The lowest BCUT2D eigenvalue weighted by molar-refractivity contribution is -0.00416. The van der Waals surface area contributed by atoms with Gasteiger partial charge in [0.15, 0.2) is 0 Å². The molecule has 118 valence electrons. The first-order chi connectivity index (χ1) is 10.1. The predicted octanol–water partition coefficient (Wildman–Crippen LogP) is 2.45. The summed E-state index contributed by atoms with van der Waals surface area (Å²) < 4.78 is 11.2. The van der Waals surface area contributed by atoms with Crippen molar-refractivity contribution in [2.75, 3.05) is 33.4 Å². The van der Waals surface area contributed by atoms with E-state index in [2.05, 4.69) is 41.4 Å². The fraction of sp³-hybridized carbons (Fsp3) is 0.647. The van der Waals surface area contributed by atoms with Crippen LogP contribution in [0.1, 0.15) is 32.4 Å². The Kier molecular flexibility index (Phi) is 6.03. The summed E-state index contributed by atoms with van der Waals surface area (Å²) in [6.07, 6.45) is 0.213. The molecule has 0 spiro atoms. The molecule has 1 saturated heterocycles. The summed E-state index contributed by atoms with van der Waals surface area (Å²) in [7, 11) is 2.02. The van der Waals surface area contributed by atoms with Crippen molar-refractivity contribution >= 4 is 0 Å². The third-order valence-electron chi connectivity index (χ3n) is 3.93. The van der Waals surface area contributed by atoms with Crippen molar-refractivity contribution in [1.29, 1.82) is 0 Å². The van der Waals surface area contributed by atoms with Gasteiger partial charge in [-0.25, -0.2) is 0 Å². The van der Waals surface area contributed by atoms with Crippen molar-refractivity contribution in [3.8, 4) is 5.75 Å². The molecule has 1 heterocycles. The van der Waals surface area contributed by atoms with E-state index in [0.29, 0.717) is 12.1 Å². The van der Waals surface area contributed by atoms with E-state index >= 15 is 0 Å². The quantitative estimate of drug-likeness (QED) is 0.873. The second-order valence-electron chi connectivity index (χ2n) is 6.00. The lowest BCUT2D eigenvalue weighted by Crippen LogP contribution is -2.46. The van der Waals surface area contributed by atoms with Crippen LogP contribution in [0, 0.1) is 0 Å².